The van der Waals surface area contributed by atoms with Crippen molar-refractivity contribution in [2.24, 2.45) is 17.1 Å². The summed E-state index contributed by atoms with van der Waals surface area (Å²) in [6, 6.07) is 0. The molecule has 1 amide bonds. The summed E-state index contributed by atoms with van der Waals surface area (Å²) < 4.78 is 5.54. The van der Waals surface area contributed by atoms with Gasteiger partial charge in [0.1, 0.15) is 0 Å². The van der Waals surface area contributed by atoms with Crippen LogP contribution in [0, 0.1) is 11.3 Å². The lowest BCUT2D eigenvalue weighted by Gasteiger charge is -2.25. The summed E-state index contributed by atoms with van der Waals surface area (Å²) in [6.07, 6.45) is 7.73. The van der Waals surface area contributed by atoms with E-state index in [9.17, 15) is 4.79 Å². The van der Waals surface area contributed by atoms with Crippen molar-refractivity contribution in [2.75, 3.05) is 26.3 Å². The fraction of sp³-hybridized carbons (Fsp3) is 0.929. The Bertz CT molecular complexity index is 271. The van der Waals surface area contributed by atoms with E-state index in [0.29, 0.717) is 13.1 Å². The zero-order chi connectivity index (χ0) is 12.8. The Balaban J connectivity index is 1.55. The third-order valence-electron chi connectivity index (χ3n) is 4.23. The number of hydrogen-bond acceptors (Lipinski definition) is 3. The lowest BCUT2D eigenvalue weighted by Crippen LogP contribution is -2.44. The van der Waals surface area contributed by atoms with Gasteiger partial charge in [0.2, 0.25) is 5.91 Å². The highest BCUT2D eigenvalue weighted by Gasteiger charge is 2.39. The number of rotatable bonds is 8. The molecule has 2 saturated carbocycles. The van der Waals surface area contributed by atoms with Crippen LogP contribution >= 0.6 is 0 Å². The van der Waals surface area contributed by atoms with E-state index in [2.05, 4.69) is 5.32 Å². The number of carbonyl (C=O) groups is 1. The molecule has 4 heteroatoms. The molecular formula is C14H26N2O2. The third-order valence-corrected chi connectivity index (χ3v) is 4.23. The first-order chi connectivity index (χ1) is 8.77. The summed E-state index contributed by atoms with van der Waals surface area (Å²) in [5.74, 6) is 0.975. The van der Waals surface area contributed by atoms with E-state index in [4.69, 9.17) is 10.5 Å². The molecule has 18 heavy (non-hydrogen) atoms. The van der Waals surface area contributed by atoms with Gasteiger partial charge in [0.15, 0.2) is 0 Å². The van der Waals surface area contributed by atoms with Gasteiger partial charge in [-0.15, -0.1) is 0 Å². The smallest absolute Gasteiger partial charge is 0.227 e. The van der Waals surface area contributed by atoms with E-state index in [1.807, 2.05) is 0 Å². The SMILES string of the molecule is NCC1(C(=O)NCCCOCC2CC2)CCCC1. The number of hydrogen-bond donors (Lipinski definition) is 2. The molecule has 0 spiro atoms. The van der Waals surface area contributed by atoms with Gasteiger partial charge < -0.3 is 15.8 Å². The highest BCUT2D eigenvalue weighted by Crippen LogP contribution is 2.37. The van der Waals surface area contributed by atoms with Crippen LogP contribution in [-0.2, 0) is 9.53 Å². The van der Waals surface area contributed by atoms with Gasteiger partial charge >= 0.3 is 0 Å². The molecule has 2 fully saturated rings. The first-order valence-corrected chi connectivity index (χ1v) is 7.33. The second kappa shape index (κ2) is 6.53. The topological polar surface area (TPSA) is 64.4 Å². The highest BCUT2D eigenvalue weighted by molar-refractivity contribution is 5.83. The van der Waals surface area contributed by atoms with Crippen LogP contribution in [0.15, 0.2) is 0 Å². The van der Waals surface area contributed by atoms with Crippen molar-refractivity contribution in [3.8, 4) is 0 Å². The Labute approximate surface area is 110 Å². The molecule has 3 N–H and O–H groups in total. The van der Waals surface area contributed by atoms with Crippen molar-refractivity contribution >= 4 is 5.91 Å². The summed E-state index contributed by atoms with van der Waals surface area (Å²) in [6.45, 7) is 2.86. The molecule has 2 rings (SSSR count). The van der Waals surface area contributed by atoms with E-state index in [-0.39, 0.29) is 11.3 Å². The Morgan fingerprint density at radius 1 is 1.33 bits per heavy atom. The maximum atomic E-state index is 12.1. The summed E-state index contributed by atoms with van der Waals surface area (Å²) in [4.78, 5) is 12.1. The van der Waals surface area contributed by atoms with Gasteiger partial charge in [0.05, 0.1) is 5.41 Å². The van der Waals surface area contributed by atoms with Crippen molar-refractivity contribution in [1.82, 2.24) is 5.32 Å². The quantitative estimate of drug-likeness (QED) is 0.644. The van der Waals surface area contributed by atoms with Crippen LogP contribution < -0.4 is 11.1 Å². The van der Waals surface area contributed by atoms with Crippen molar-refractivity contribution in [1.29, 1.82) is 0 Å². The Morgan fingerprint density at radius 2 is 2.06 bits per heavy atom. The van der Waals surface area contributed by atoms with Crippen LogP contribution in [0.3, 0.4) is 0 Å². The molecule has 104 valence electrons. The number of nitrogens with two attached hydrogens (primary N) is 1. The normalized spacial score (nSPS) is 22.1. The number of amides is 1. The summed E-state index contributed by atoms with van der Waals surface area (Å²) >= 11 is 0. The standard InChI is InChI=1S/C14H26N2O2/c15-11-14(6-1-2-7-14)13(17)16-8-3-9-18-10-12-4-5-12/h12H,1-11,15H2,(H,16,17). The van der Waals surface area contributed by atoms with Crippen molar-refractivity contribution in [2.45, 2.75) is 44.9 Å². The average Bonchev–Trinajstić information content (AvgIpc) is 3.08. The van der Waals surface area contributed by atoms with E-state index < -0.39 is 0 Å². The molecule has 0 saturated heterocycles. The molecule has 0 aromatic carbocycles. The molecule has 0 atom stereocenters. The number of carbonyl (C=O) groups excluding carboxylic acids is 1. The third kappa shape index (κ3) is 3.69. The van der Waals surface area contributed by atoms with Gasteiger partial charge in [-0.1, -0.05) is 12.8 Å². The highest BCUT2D eigenvalue weighted by atomic mass is 16.5. The lowest BCUT2D eigenvalue weighted by molar-refractivity contribution is -0.130. The van der Waals surface area contributed by atoms with Gasteiger partial charge in [0, 0.05) is 26.3 Å². The van der Waals surface area contributed by atoms with Crippen LogP contribution in [0.5, 0.6) is 0 Å². The van der Waals surface area contributed by atoms with Crippen LogP contribution in [0.25, 0.3) is 0 Å². The Hall–Kier alpha value is -0.610. The first-order valence-electron chi connectivity index (χ1n) is 7.33. The molecule has 0 heterocycles. The molecular weight excluding hydrogens is 228 g/mol. The van der Waals surface area contributed by atoms with Crippen molar-refractivity contribution in [3.05, 3.63) is 0 Å². The van der Waals surface area contributed by atoms with Gasteiger partial charge in [-0.3, -0.25) is 4.79 Å². The molecule has 0 radical (unpaired) electrons. The van der Waals surface area contributed by atoms with Crippen LogP contribution in [-0.4, -0.2) is 32.2 Å². The predicted molar refractivity (Wildman–Crippen MR) is 71.1 cm³/mol. The van der Waals surface area contributed by atoms with Crippen molar-refractivity contribution in [3.63, 3.8) is 0 Å². The predicted octanol–water partition coefficient (Wildman–Crippen LogP) is 1.44. The largest absolute Gasteiger partial charge is 0.381 e. The van der Waals surface area contributed by atoms with E-state index in [1.165, 1.54) is 12.8 Å². The second-order valence-corrected chi connectivity index (χ2v) is 5.82. The minimum Gasteiger partial charge on any atom is -0.381 e. The Kier molecular flexibility index (Phi) is 5.01. The van der Waals surface area contributed by atoms with Crippen LogP contribution in [0.2, 0.25) is 0 Å². The number of nitrogens with one attached hydrogen (secondary N) is 1. The molecule has 4 nitrogen and oxygen atoms in total. The van der Waals surface area contributed by atoms with Gasteiger partial charge in [-0.2, -0.15) is 0 Å². The van der Waals surface area contributed by atoms with E-state index in [1.54, 1.807) is 0 Å². The first kappa shape index (κ1) is 13.8. The fourth-order valence-corrected chi connectivity index (χ4v) is 2.67. The van der Waals surface area contributed by atoms with Crippen LogP contribution in [0.4, 0.5) is 0 Å². The molecule has 0 unspecified atom stereocenters. The Morgan fingerprint density at radius 3 is 2.67 bits per heavy atom. The van der Waals surface area contributed by atoms with E-state index >= 15 is 0 Å². The number of ether oxygens (including phenoxy) is 1. The van der Waals surface area contributed by atoms with E-state index in [0.717, 1.165) is 51.2 Å². The minimum atomic E-state index is -0.269. The molecule has 2 aliphatic rings. The second-order valence-electron chi connectivity index (χ2n) is 5.82. The minimum absolute atomic E-state index is 0.157. The zero-order valence-corrected chi connectivity index (χ0v) is 11.2. The molecule has 0 bridgehead atoms. The average molecular weight is 254 g/mol. The van der Waals surface area contributed by atoms with Crippen LogP contribution in [0.1, 0.15) is 44.9 Å². The maximum absolute atomic E-state index is 12.1. The lowest BCUT2D eigenvalue weighted by atomic mass is 9.85. The summed E-state index contributed by atoms with van der Waals surface area (Å²) in [5.41, 5.74) is 5.51. The molecule has 0 aliphatic heterocycles. The van der Waals surface area contributed by atoms with Gasteiger partial charge in [-0.25, -0.2) is 0 Å². The summed E-state index contributed by atoms with van der Waals surface area (Å²) in [5, 5.41) is 3.02. The molecule has 0 aromatic rings. The summed E-state index contributed by atoms with van der Waals surface area (Å²) in [7, 11) is 0. The fourth-order valence-electron chi connectivity index (χ4n) is 2.67. The monoisotopic (exact) mass is 254 g/mol. The van der Waals surface area contributed by atoms with Gasteiger partial charge in [-0.05, 0) is 38.0 Å². The maximum Gasteiger partial charge on any atom is 0.227 e. The zero-order valence-electron chi connectivity index (χ0n) is 11.2. The van der Waals surface area contributed by atoms with Gasteiger partial charge in [0.25, 0.3) is 0 Å². The molecule has 0 aromatic heterocycles. The molecule has 2 aliphatic carbocycles. The van der Waals surface area contributed by atoms with Crippen molar-refractivity contribution < 1.29 is 9.53 Å².